The molecule has 0 saturated heterocycles. The summed E-state index contributed by atoms with van der Waals surface area (Å²) in [6.07, 6.45) is 4.67. The Bertz CT molecular complexity index is 5960. The van der Waals surface area contributed by atoms with Gasteiger partial charge in [-0.3, -0.25) is 14.4 Å². The Hall–Kier alpha value is -13.2. The zero-order valence-electron chi connectivity index (χ0n) is 63.6. The number of methoxy groups -OCH3 is 1. The molecular formula is C86H81F4N15O10S3. The summed E-state index contributed by atoms with van der Waals surface area (Å²) >= 11 is 0. The van der Waals surface area contributed by atoms with Crippen molar-refractivity contribution in [3.05, 3.63) is 265 Å². The van der Waals surface area contributed by atoms with Crippen LogP contribution < -0.4 is 50.8 Å². The summed E-state index contributed by atoms with van der Waals surface area (Å²) in [5.41, 5.74) is 6.78. The molecule has 25 nitrogen and oxygen atoms in total. The monoisotopic (exact) mass is 1660 g/mol. The molecule has 15 rings (SSSR count). The molecule has 3 atom stereocenters. The van der Waals surface area contributed by atoms with Crippen molar-refractivity contribution in [2.45, 2.75) is 59.4 Å². The van der Waals surface area contributed by atoms with Gasteiger partial charge in [-0.25, -0.2) is 46.3 Å². The Morgan fingerprint density at radius 3 is 1.06 bits per heavy atom. The number of rotatable bonds is 16. The van der Waals surface area contributed by atoms with E-state index in [1.54, 1.807) is 147 Å². The number of hydrogen-bond acceptors (Lipinski definition) is 25. The number of alkyl halides is 3. The van der Waals surface area contributed by atoms with E-state index in [2.05, 4.69) is 56.8 Å². The van der Waals surface area contributed by atoms with Crippen molar-refractivity contribution in [2.24, 2.45) is 0 Å². The number of hydrogen-bond donors (Lipinski definition) is 9. The molecule has 12 aromatic rings. The second-order valence-electron chi connectivity index (χ2n) is 27.4. The van der Waals surface area contributed by atoms with Gasteiger partial charge in [-0.2, -0.15) is 28.1 Å². The molecule has 606 valence electrons. The minimum absolute atomic E-state index is 0.0756. The summed E-state index contributed by atoms with van der Waals surface area (Å²) < 4.78 is 138. The quantitative estimate of drug-likeness (QED) is 0.0320. The molecule has 3 aliphatic heterocycles. The average molecular weight is 1660 g/mol. The Balaban J connectivity index is 0.000000154. The van der Waals surface area contributed by atoms with Crippen molar-refractivity contribution >= 4 is 98.9 Å². The molecular weight excluding hydrogens is 1580 g/mol. The van der Waals surface area contributed by atoms with Gasteiger partial charge in [-0.15, -0.1) is 0 Å². The van der Waals surface area contributed by atoms with Crippen LogP contribution in [-0.2, 0) is 35.4 Å². The van der Waals surface area contributed by atoms with Gasteiger partial charge in [0.25, 0.3) is 0 Å². The van der Waals surface area contributed by atoms with Crippen LogP contribution >= 0.6 is 0 Å². The lowest BCUT2D eigenvalue weighted by Crippen LogP contribution is -2.13. The number of benzene rings is 9. The largest absolute Gasteiger partial charge is 0.497 e. The minimum Gasteiger partial charge on any atom is -0.497 e. The zero-order valence-corrected chi connectivity index (χ0v) is 66.1. The smallest absolute Gasteiger partial charge is 0.416 e. The van der Waals surface area contributed by atoms with Crippen molar-refractivity contribution < 1.29 is 63.5 Å². The van der Waals surface area contributed by atoms with Crippen LogP contribution in [0.15, 0.2) is 252 Å². The number of fused-ring (bicyclic) bond motifs is 12. The van der Waals surface area contributed by atoms with Gasteiger partial charge < -0.3 is 50.8 Å². The third-order valence-electron chi connectivity index (χ3n) is 18.9. The minimum atomic E-state index is -4.54. The number of nitrogens with one attached hydrogen (secondary N) is 9. The molecule has 0 fully saturated rings. The van der Waals surface area contributed by atoms with Gasteiger partial charge in [0.1, 0.15) is 46.3 Å². The van der Waals surface area contributed by atoms with E-state index < -0.39 is 59.1 Å². The highest BCUT2D eigenvalue weighted by atomic mass is 32.2. The van der Waals surface area contributed by atoms with Crippen LogP contribution in [0, 0.1) is 20.2 Å². The summed E-state index contributed by atoms with van der Waals surface area (Å²) in [5, 5.41) is 19.5. The average Bonchev–Trinajstić information content (AvgIpc) is 1.14. The highest BCUT2D eigenvalue weighted by Gasteiger charge is 2.31. The van der Waals surface area contributed by atoms with E-state index in [4.69, 9.17) is 38.3 Å². The van der Waals surface area contributed by atoms with Crippen LogP contribution in [0.4, 0.5) is 69.9 Å². The fourth-order valence-electron chi connectivity index (χ4n) is 12.5. The van der Waals surface area contributed by atoms with Crippen LogP contribution in [0.2, 0.25) is 0 Å². The predicted molar refractivity (Wildman–Crippen MR) is 447 cm³/mol. The lowest BCUT2D eigenvalue weighted by Gasteiger charge is -2.14. The van der Waals surface area contributed by atoms with Crippen molar-refractivity contribution in [2.75, 3.05) is 95.7 Å². The number of ketones is 3. The Labute approximate surface area is 679 Å². The molecule has 0 aliphatic carbocycles. The molecule has 6 heterocycles. The van der Waals surface area contributed by atoms with Gasteiger partial charge in [-0.05, 0) is 207 Å². The first kappa shape index (κ1) is 82.8. The molecule has 0 radical (unpaired) electrons. The first-order valence-corrected chi connectivity index (χ1v) is 42.6. The Kier molecular flexibility index (Phi) is 26.4. The van der Waals surface area contributed by atoms with Gasteiger partial charge in [-0.1, -0.05) is 66.7 Å². The number of anilines is 9. The molecule has 9 aromatic carbocycles. The number of carbonyl (C=O) groups excluding carboxylic acids is 3. The molecule has 3 aliphatic rings. The van der Waals surface area contributed by atoms with Gasteiger partial charge in [0.15, 0.2) is 37.2 Å². The summed E-state index contributed by atoms with van der Waals surface area (Å²) in [7, 11) is -7.07. The van der Waals surface area contributed by atoms with Crippen LogP contribution in [0.25, 0.3) is 33.4 Å². The van der Waals surface area contributed by atoms with E-state index in [0.29, 0.717) is 158 Å². The number of aromatic nitrogens is 6. The molecule has 3 unspecified atom stereocenters. The highest BCUT2D eigenvalue weighted by molar-refractivity contribution is 7.93. The molecule has 0 spiro atoms. The molecule has 12 bridgehead atoms. The SMILES string of the molecule is COc1ccc(C(=O)COc2ccc(-c3cnc4nc3NCCCCS(=N)(=O)c3cccc(c3)N4)cc2)cc1.N=S1(=O)CCCCNc2nc(ncc2-c2ccc(OCC(=O)c3ccc(F)cc3)cc2)Nc2cccc1c2.N=S1(=O)CCCCNc2nc(ncc2-c2ccc(OCC(=O)c3cccc(C(F)(F)F)c3)cc2)Nc2cccc1c2. The van der Waals surface area contributed by atoms with Crippen molar-refractivity contribution in [3.8, 4) is 56.4 Å². The maximum Gasteiger partial charge on any atom is 0.416 e. The van der Waals surface area contributed by atoms with Crippen molar-refractivity contribution in [1.29, 1.82) is 14.3 Å². The summed E-state index contributed by atoms with van der Waals surface area (Å²) in [5.74, 6) is 4.67. The molecule has 3 aromatic heterocycles. The Morgan fingerprint density at radius 2 is 0.720 bits per heavy atom. The van der Waals surface area contributed by atoms with Crippen molar-refractivity contribution in [3.63, 3.8) is 0 Å². The maximum atomic E-state index is 13.1. The van der Waals surface area contributed by atoms with E-state index in [9.17, 15) is 44.6 Å². The number of ether oxygens (including phenoxy) is 4. The summed E-state index contributed by atoms with van der Waals surface area (Å²) in [4.78, 5) is 66.1. The molecule has 0 saturated carbocycles. The number of nitrogens with zero attached hydrogens (tertiary/aromatic N) is 6. The standard InChI is InChI=1S/C29H26F3N5O3S.C29H29N5O4S.C28H26FN5O3S/c30-29(31,32)21-6-3-5-20(15-21)26(38)18-40-23-11-9-19(10-12-23)25-17-35-28-36-22-7-4-8-24(16-22)41(33,39)14-2-1-13-34-27(25)37-28;1-37-23-11-9-21(10-12-23)27(35)19-38-24-13-7-20(8-14-24)26-18-32-29-33-22-5-4-6-25(17-22)39(30,36)16-3-2-15-31-28(26)34-29;29-21-10-6-20(7-11-21)26(35)18-37-23-12-8-19(9-13-23)25-17-32-28-33-22-4-3-5-24(16-22)38(30,36)15-2-1-14-31-27(25)34-28/h3-12,15-17,33H,1-2,13-14,18H2,(H2,34,35,36,37);4-14,17-18,30H,2-3,15-16,19H2,1H3,(H2,31,32,33,34);3-13,16-17,30H,1-2,14-15,18H2,(H2,31,32,33,34). The second kappa shape index (κ2) is 37.6. The maximum absolute atomic E-state index is 13.1. The van der Waals surface area contributed by atoms with Gasteiger partial charge >= 0.3 is 6.18 Å². The third kappa shape index (κ3) is 22.1. The Morgan fingerprint density at radius 1 is 0.398 bits per heavy atom. The van der Waals surface area contributed by atoms with E-state index in [1.165, 1.54) is 36.4 Å². The number of Topliss-reactive ketones (excluding diaryl/α,β-unsaturated/α-hetero) is 3. The van der Waals surface area contributed by atoms with E-state index in [-0.39, 0.29) is 36.1 Å². The molecule has 9 N–H and O–H groups in total. The second-order valence-corrected chi connectivity index (χ2v) is 34.1. The number of carbonyl (C=O) groups is 3. The molecule has 118 heavy (non-hydrogen) atoms. The van der Waals surface area contributed by atoms with Crippen LogP contribution in [0.1, 0.15) is 75.2 Å². The van der Waals surface area contributed by atoms with E-state index >= 15 is 0 Å². The summed E-state index contributed by atoms with van der Waals surface area (Å²) in [6.45, 7) is 1.12. The van der Waals surface area contributed by atoms with Gasteiger partial charge in [0.2, 0.25) is 17.8 Å². The fourth-order valence-corrected chi connectivity index (χ4v) is 16.9. The van der Waals surface area contributed by atoms with E-state index in [0.717, 1.165) is 58.4 Å². The lowest BCUT2D eigenvalue weighted by atomic mass is 10.1. The fraction of sp³-hybridized carbons (Fsp3) is 0.198. The first-order valence-electron chi connectivity index (χ1n) is 37.5. The van der Waals surface area contributed by atoms with E-state index in [1.807, 2.05) is 48.5 Å². The van der Waals surface area contributed by atoms with Crippen LogP contribution in [0.5, 0.6) is 23.0 Å². The number of halogens is 4. The van der Waals surface area contributed by atoms with Gasteiger partial charge in [0.05, 0.1) is 41.9 Å². The van der Waals surface area contributed by atoms with Crippen molar-refractivity contribution in [1.82, 2.24) is 29.9 Å². The lowest BCUT2D eigenvalue weighted by molar-refractivity contribution is -0.137. The predicted octanol–water partition coefficient (Wildman–Crippen LogP) is 18.4. The van der Waals surface area contributed by atoms with Crippen LogP contribution in [-0.4, -0.2) is 124 Å². The normalized spacial score (nSPS) is 17.0. The molecule has 0 amide bonds. The zero-order chi connectivity index (χ0) is 82.8. The first-order chi connectivity index (χ1) is 56.9. The molecule has 32 heteroatoms. The van der Waals surface area contributed by atoms with Crippen LogP contribution in [0.3, 0.4) is 0 Å². The third-order valence-corrected chi connectivity index (χ3v) is 24.6. The highest BCUT2D eigenvalue weighted by Crippen LogP contribution is 2.36. The van der Waals surface area contributed by atoms with Gasteiger partial charge in [0, 0.05) is 121 Å². The summed E-state index contributed by atoms with van der Waals surface area (Å²) in [6, 6.07) is 59.1. The topological polar surface area (TPSA) is 360 Å².